The van der Waals surface area contributed by atoms with Gasteiger partial charge in [-0.25, -0.2) is 5.43 Å². The molecule has 6 heteroatoms. The van der Waals surface area contributed by atoms with E-state index in [1.54, 1.807) is 7.05 Å². The van der Waals surface area contributed by atoms with E-state index in [2.05, 4.69) is 5.43 Å². The smallest absolute Gasteiger partial charge is 0.268 e. The Bertz CT molecular complexity index is 244. The van der Waals surface area contributed by atoms with E-state index in [1.165, 1.54) is 11.4 Å². The maximum absolute atomic E-state index is 11.9. The summed E-state index contributed by atoms with van der Waals surface area (Å²) in [4.78, 5) is 11.9. The topological polar surface area (TPSA) is 93.0 Å². The van der Waals surface area contributed by atoms with Gasteiger partial charge in [0.2, 0.25) is 0 Å². The Morgan fingerprint density at radius 1 is 1.35 bits per heavy atom. The van der Waals surface area contributed by atoms with E-state index < -0.39 is 24.7 Å². The summed E-state index contributed by atoms with van der Waals surface area (Å²) in [6, 6.07) is 0.0572. The molecule has 2 unspecified atom stereocenters. The maximum atomic E-state index is 11.9. The van der Waals surface area contributed by atoms with Gasteiger partial charge in [-0.3, -0.25) is 9.80 Å². The molecular weight excluding hydrogens is 224 g/mol. The van der Waals surface area contributed by atoms with Gasteiger partial charge in [0.1, 0.15) is 6.10 Å². The molecule has 4 N–H and O–H groups in total. The van der Waals surface area contributed by atoms with E-state index >= 15 is 0 Å². The SMILES string of the molecule is CNN(C(=O)C(O)C(O)CO)C1CCCCC1. The number of nitrogens with one attached hydrogen (secondary N) is 1. The summed E-state index contributed by atoms with van der Waals surface area (Å²) in [5, 5.41) is 28.9. The molecule has 0 spiro atoms. The highest BCUT2D eigenvalue weighted by molar-refractivity contribution is 5.81. The van der Waals surface area contributed by atoms with Crippen LogP contribution in [0.1, 0.15) is 32.1 Å². The number of hydrogen-bond donors (Lipinski definition) is 4. The van der Waals surface area contributed by atoms with Crippen molar-refractivity contribution < 1.29 is 20.1 Å². The summed E-state index contributed by atoms with van der Waals surface area (Å²) in [5.74, 6) is -0.582. The number of carbonyl (C=O) groups is 1. The molecule has 1 saturated carbocycles. The highest BCUT2D eigenvalue weighted by atomic mass is 16.4. The fraction of sp³-hybridized carbons (Fsp3) is 0.909. The van der Waals surface area contributed by atoms with Crippen LogP contribution < -0.4 is 5.43 Å². The predicted molar refractivity (Wildman–Crippen MR) is 61.9 cm³/mol. The molecule has 0 heterocycles. The summed E-state index contributed by atoms with van der Waals surface area (Å²) in [7, 11) is 1.62. The van der Waals surface area contributed by atoms with E-state index in [1.807, 2.05) is 0 Å². The van der Waals surface area contributed by atoms with Crippen LogP contribution in [0.3, 0.4) is 0 Å². The highest BCUT2D eigenvalue weighted by Crippen LogP contribution is 2.22. The van der Waals surface area contributed by atoms with Crippen molar-refractivity contribution in [1.82, 2.24) is 10.4 Å². The van der Waals surface area contributed by atoms with Gasteiger partial charge in [0, 0.05) is 13.1 Å². The molecule has 1 aliphatic rings. The molecule has 1 fully saturated rings. The minimum Gasteiger partial charge on any atom is -0.394 e. The van der Waals surface area contributed by atoms with Crippen molar-refractivity contribution in [1.29, 1.82) is 0 Å². The van der Waals surface area contributed by atoms with Crippen molar-refractivity contribution in [3.05, 3.63) is 0 Å². The number of aliphatic hydroxyl groups excluding tert-OH is 3. The second-order valence-electron chi connectivity index (χ2n) is 4.42. The van der Waals surface area contributed by atoms with Crippen LogP contribution >= 0.6 is 0 Å². The Labute approximate surface area is 101 Å². The number of amides is 1. The normalized spacial score (nSPS) is 20.9. The zero-order valence-electron chi connectivity index (χ0n) is 10.2. The van der Waals surface area contributed by atoms with Gasteiger partial charge in [-0.15, -0.1) is 0 Å². The van der Waals surface area contributed by atoms with Gasteiger partial charge in [0.05, 0.1) is 6.61 Å². The number of carbonyl (C=O) groups excluding carboxylic acids is 1. The lowest BCUT2D eigenvalue weighted by Gasteiger charge is -2.35. The molecule has 0 aromatic rings. The van der Waals surface area contributed by atoms with Crippen LogP contribution in [0.15, 0.2) is 0 Å². The van der Waals surface area contributed by atoms with Crippen molar-refractivity contribution >= 4 is 5.91 Å². The third kappa shape index (κ3) is 3.64. The van der Waals surface area contributed by atoms with Gasteiger partial charge < -0.3 is 15.3 Å². The van der Waals surface area contributed by atoms with Crippen LogP contribution in [0.5, 0.6) is 0 Å². The zero-order valence-corrected chi connectivity index (χ0v) is 10.2. The number of hydrogen-bond acceptors (Lipinski definition) is 5. The van der Waals surface area contributed by atoms with Crippen molar-refractivity contribution in [2.75, 3.05) is 13.7 Å². The zero-order chi connectivity index (χ0) is 12.8. The van der Waals surface area contributed by atoms with Crippen LogP contribution in [0.25, 0.3) is 0 Å². The second-order valence-corrected chi connectivity index (χ2v) is 4.42. The molecule has 0 radical (unpaired) electrons. The van der Waals surface area contributed by atoms with E-state index in [0.717, 1.165) is 25.7 Å². The monoisotopic (exact) mass is 246 g/mol. The lowest BCUT2D eigenvalue weighted by atomic mass is 9.94. The molecule has 17 heavy (non-hydrogen) atoms. The van der Waals surface area contributed by atoms with Crippen LogP contribution in [0, 0.1) is 0 Å². The highest BCUT2D eigenvalue weighted by Gasteiger charge is 2.32. The van der Waals surface area contributed by atoms with E-state index in [9.17, 15) is 15.0 Å². The maximum Gasteiger partial charge on any atom is 0.268 e. The van der Waals surface area contributed by atoms with Gasteiger partial charge in [-0.05, 0) is 12.8 Å². The Morgan fingerprint density at radius 2 is 1.94 bits per heavy atom. The summed E-state index contributed by atoms with van der Waals surface area (Å²) < 4.78 is 0. The van der Waals surface area contributed by atoms with Crippen molar-refractivity contribution in [2.45, 2.75) is 50.4 Å². The Balaban J connectivity index is 2.62. The molecule has 0 aromatic carbocycles. The van der Waals surface area contributed by atoms with Crippen LogP contribution in [0.4, 0.5) is 0 Å². The predicted octanol–water partition coefficient (Wildman–Crippen LogP) is -1.00. The fourth-order valence-electron chi connectivity index (χ4n) is 2.22. The summed E-state index contributed by atoms with van der Waals surface area (Å²) >= 11 is 0. The first kappa shape index (κ1) is 14.4. The van der Waals surface area contributed by atoms with Gasteiger partial charge in [-0.1, -0.05) is 19.3 Å². The number of rotatable bonds is 5. The molecule has 100 valence electrons. The number of nitrogens with zero attached hydrogens (tertiary/aromatic N) is 1. The number of hydrazine groups is 1. The molecule has 6 nitrogen and oxygen atoms in total. The third-order valence-corrected chi connectivity index (χ3v) is 3.22. The Kier molecular flexibility index (Phi) is 5.84. The van der Waals surface area contributed by atoms with E-state index in [0.29, 0.717) is 0 Å². The number of aliphatic hydroxyl groups is 3. The first-order valence-corrected chi connectivity index (χ1v) is 6.09. The van der Waals surface area contributed by atoms with Crippen molar-refractivity contribution in [3.8, 4) is 0 Å². The van der Waals surface area contributed by atoms with E-state index in [4.69, 9.17) is 5.11 Å². The summed E-state index contributed by atoms with van der Waals surface area (Å²) in [6.07, 6.45) is 2.09. The van der Waals surface area contributed by atoms with Gasteiger partial charge in [-0.2, -0.15) is 0 Å². The minimum absolute atomic E-state index is 0.0572. The Hall–Kier alpha value is -0.690. The average molecular weight is 246 g/mol. The first-order chi connectivity index (χ1) is 8.11. The lowest BCUT2D eigenvalue weighted by Crippen LogP contribution is -2.55. The molecule has 2 atom stereocenters. The minimum atomic E-state index is -1.57. The summed E-state index contributed by atoms with van der Waals surface area (Å²) in [5.41, 5.74) is 2.76. The fourth-order valence-corrected chi connectivity index (χ4v) is 2.22. The second kappa shape index (κ2) is 6.90. The van der Waals surface area contributed by atoms with Crippen molar-refractivity contribution in [3.63, 3.8) is 0 Å². The van der Waals surface area contributed by atoms with Crippen molar-refractivity contribution in [2.24, 2.45) is 0 Å². The molecule has 0 saturated heterocycles. The molecule has 1 aliphatic carbocycles. The largest absolute Gasteiger partial charge is 0.394 e. The summed E-state index contributed by atoms with van der Waals surface area (Å²) in [6.45, 7) is -0.630. The van der Waals surface area contributed by atoms with Crippen LogP contribution in [-0.4, -0.2) is 58.1 Å². The quantitative estimate of drug-likeness (QED) is 0.467. The van der Waals surface area contributed by atoms with Crippen LogP contribution in [-0.2, 0) is 4.79 Å². The first-order valence-electron chi connectivity index (χ1n) is 6.09. The Morgan fingerprint density at radius 3 is 2.41 bits per heavy atom. The molecular formula is C11H22N2O4. The van der Waals surface area contributed by atoms with Crippen LogP contribution in [0.2, 0.25) is 0 Å². The standard InChI is InChI=1S/C11H22N2O4/c1-12-13(8-5-3-2-4-6-8)11(17)10(16)9(15)7-14/h8-10,12,14-16H,2-7H2,1H3. The average Bonchev–Trinajstić information content (AvgIpc) is 2.38. The molecule has 0 aliphatic heterocycles. The van der Waals surface area contributed by atoms with Gasteiger partial charge in [0.25, 0.3) is 5.91 Å². The molecule has 1 rings (SSSR count). The van der Waals surface area contributed by atoms with Gasteiger partial charge >= 0.3 is 0 Å². The lowest BCUT2D eigenvalue weighted by molar-refractivity contribution is -0.154. The van der Waals surface area contributed by atoms with E-state index in [-0.39, 0.29) is 6.04 Å². The van der Waals surface area contributed by atoms with Gasteiger partial charge in [0.15, 0.2) is 6.10 Å². The molecule has 0 aromatic heterocycles. The third-order valence-electron chi connectivity index (χ3n) is 3.22. The molecule has 1 amide bonds. The molecule has 0 bridgehead atoms.